The third-order valence-corrected chi connectivity index (χ3v) is 6.39. The summed E-state index contributed by atoms with van der Waals surface area (Å²) < 4.78 is 0. The first-order chi connectivity index (χ1) is 11.0. The third-order valence-electron chi connectivity index (χ3n) is 6.39. The fourth-order valence-corrected chi connectivity index (χ4v) is 5.42. The van der Waals surface area contributed by atoms with Crippen molar-refractivity contribution in [2.75, 3.05) is 33.9 Å². The van der Waals surface area contributed by atoms with Crippen molar-refractivity contribution in [2.45, 2.75) is 56.9 Å². The molecule has 1 saturated heterocycles. The van der Waals surface area contributed by atoms with E-state index in [0.29, 0.717) is 11.8 Å². The maximum Gasteiger partial charge on any atom is 0.319 e. The molecule has 2 saturated carbocycles. The van der Waals surface area contributed by atoms with Crippen LogP contribution in [0.25, 0.3) is 0 Å². The van der Waals surface area contributed by atoms with E-state index in [1.54, 1.807) is 4.90 Å². The minimum Gasteiger partial charge on any atom is -0.381 e. The summed E-state index contributed by atoms with van der Waals surface area (Å²) >= 11 is 0. The summed E-state index contributed by atoms with van der Waals surface area (Å²) in [6.45, 7) is 1.86. The molecule has 3 aliphatic rings. The topological polar surface area (TPSA) is 55.8 Å². The van der Waals surface area contributed by atoms with E-state index in [4.69, 9.17) is 0 Å². The number of hydrogen-bond donors (Lipinski definition) is 2. The molecule has 2 aliphatic carbocycles. The maximum atomic E-state index is 12.2. The molecule has 5 heteroatoms. The van der Waals surface area contributed by atoms with Gasteiger partial charge in [-0.2, -0.15) is 0 Å². The summed E-state index contributed by atoms with van der Waals surface area (Å²) in [5.41, 5.74) is 0.110. The first-order valence-corrected chi connectivity index (χ1v) is 9.35. The minimum absolute atomic E-state index is 0.0759. The zero-order chi connectivity index (χ0) is 16.4. The zero-order valence-electron chi connectivity index (χ0n) is 14.8. The largest absolute Gasteiger partial charge is 0.381 e. The normalized spacial score (nSPS) is 34.7. The van der Waals surface area contributed by atoms with Crippen LogP contribution in [0.2, 0.25) is 0 Å². The highest BCUT2D eigenvalue weighted by Gasteiger charge is 2.50. The van der Waals surface area contributed by atoms with Crippen LogP contribution < -0.4 is 5.32 Å². The molecule has 1 heterocycles. The SMILES string of the molecule is CN(C)C(=O)N1C[C@@H]2C[C@](CC3CCCCC3)(NCO)C[C@@H]2C1. The Balaban J connectivity index is 1.61. The lowest BCUT2D eigenvalue weighted by atomic mass is 9.78. The minimum atomic E-state index is 0.0759. The average molecular weight is 323 g/mol. The van der Waals surface area contributed by atoms with Gasteiger partial charge in [0.05, 0.1) is 6.73 Å². The Morgan fingerprint density at radius 3 is 2.30 bits per heavy atom. The maximum absolute atomic E-state index is 12.2. The Labute approximate surface area is 140 Å². The average Bonchev–Trinajstić information content (AvgIpc) is 3.03. The Morgan fingerprint density at radius 2 is 1.78 bits per heavy atom. The molecule has 1 aliphatic heterocycles. The fraction of sp³-hybridized carbons (Fsp3) is 0.944. The Kier molecular flexibility index (Phi) is 5.16. The van der Waals surface area contributed by atoms with E-state index in [1.165, 1.54) is 38.5 Å². The third kappa shape index (κ3) is 3.66. The highest BCUT2D eigenvalue weighted by molar-refractivity contribution is 5.74. The van der Waals surface area contributed by atoms with Gasteiger partial charge in [0.15, 0.2) is 0 Å². The van der Waals surface area contributed by atoms with Crippen molar-refractivity contribution in [1.29, 1.82) is 0 Å². The van der Waals surface area contributed by atoms with Crippen molar-refractivity contribution < 1.29 is 9.90 Å². The summed E-state index contributed by atoms with van der Waals surface area (Å²) in [7, 11) is 3.66. The summed E-state index contributed by atoms with van der Waals surface area (Å²) in [5.74, 6) is 2.02. The monoisotopic (exact) mass is 323 g/mol. The number of urea groups is 1. The second-order valence-corrected chi connectivity index (χ2v) is 8.33. The molecule has 0 spiro atoms. The van der Waals surface area contributed by atoms with E-state index in [0.717, 1.165) is 31.8 Å². The lowest BCUT2D eigenvalue weighted by Crippen LogP contribution is -2.47. The van der Waals surface area contributed by atoms with Crippen LogP contribution in [-0.2, 0) is 0 Å². The van der Waals surface area contributed by atoms with Crippen molar-refractivity contribution in [3.05, 3.63) is 0 Å². The van der Waals surface area contributed by atoms with Crippen molar-refractivity contribution >= 4 is 6.03 Å². The summed E-state index contributed by atoms with van der Waals surface area (Å²) in [4.78, 5) is 15.9. The number of aliphatic hydroxyl groups excluding tert-OH is 1. The van der Waals surface area contributed by atoms with Gasteiger partial charge >= 0.3 is 6.03 Å². The second-order valence-electron chi connectivity index (χ2n) is 8.33. The molecule has 3 rings (SSSR count). The van der Waals surface area contributed by atoms with Gasteiger partial charge in [-0.15, -0.1) is 0 Å². The first kappa shape index (κ1) is 17.0. The molecule has 2 amide bonds. The Hall–Kier alpha value is -0.810. The highest BCUT2D eigenvalue weighted by atomic mass is 16.3. The lowest BCUT2D eigenvalue weighted by molar-refractivity contribution is 0.140. The second kappa shape index (κ2) is 6.98. The van der Waals surface area contributed by atoms with Gasteiger partial charge in [0.1, 0.15) is 0 Å². The van der Waals surface area contributed by atoms with E-state index in [-0.39, 0.29) is 18.3 Å². The number of nitrogens with one attached hydrogen (secondary N) is 1. The molecule has 0 unspecified atom stereocenters. The standard InChI is InChI=1S/C18H33N3O2/c1-20(2)17(23)21-11-15-9-18(19-13-22,10-16(15)12-21)8-14-6-4-3-5-7-14/h14-16,19,22H,3-13H2,1-2H3/t15-,16+,18-. The number of amides is 2. The molecule has 132 valence electrons. The van der Waals surface area contributed by atoms with Gasteiger partial charge in [-0.25, -0.2) is 4.79 Å². The Bertz CT molecular complexity index is 406. The zero-order valence-corrected chi connectivity index (χ0v) is 14.8. The number of hydrogen-bond acceptors (Lipinski definition) is 3. The van der Waals surface area contributed by atoms with E-state index in [9.17, 15) is 9.90 Å². The van der Waals surface area contributed by atoms with E-state index >= 15 is 0 Å². The van der Waals surface area contributed by atoms with Gasteiger partial charge in [-0.1, -0.05) is 32.1 Å². The van der Waals surface area contributed by atoms with Gasteiger partial charge in [0, 0.05) is 32.7 Å². The number of nitrogens with zero attached hydrogens (tertiary/aromatic N) is 2. The van der Waals surface area contributed by atoms with Gasteiger partial charge < -0.3 is 14.9 Å². The van der Waals surface area contributed by atoms with Crippen LogP contribution in [0.4, 0.5) is 4.79 Å². The number of carbonyl (C=O) groups is 1. The van der Waals surface area contributed by atoms with Crippen molar-refractivity contribution in [2.24, 2.45) is 17.8 Å². The quantitative estimate of drug-likeness (QED) is 0.780. The van der Waals surface area contributed by atoms with Gasteiger partial charge in [0.2, 0.25) is 0 Å². The highest BCUT2D eigenvalue weighted by Crippen LogP contribution is 2.48. The number of rotatable bonds is 4. The molecular formula is C18H33N3O2. The van der Waals surface area contributed by atoms with Gasteiger partial charge in [-0.05, 0) is 37.0 Å². The van der Waals surface area contributed by atoms with Gasteiger partial charge in [-0.3, -0.25) is 5.32 Å². The number of likely N-dealkylation sites (tertiary alicyclic amines) is 1. The van der Waals surface area contributed by atoms with Crippen LogP contribution in [0, 0.1) is 17.8 Å². The molecule has 2 N–H and O–H groups in total. The molecule has 23 heavy (non-hydrogen) atoms. The van der Waals surface area contributed by atoms with E-state index in [2.05, 4.69) is 5.32 Å². The Morgan fingerprint density at radius 1 is 1.17 bits per heavy atom. The molecule has 0 radical (unpaired) electrons. The van der Waals surface area contributed by atoms with Gasteiger partial charge in [0.25, 0.3) is 0 Å². The molecular weight excluding hydrogens is 290 g/mol. The molecule has 3 atom stereocenters. The van der Waals surface area contributed by atoms with Crippen LogP contribution in [0.1, 0.15) is 51.4 Å². The van der Waals surface area contributed by atoms with Crippen LogP contribution >= 0.6 is 0 Å². The molecule has 0 aromatic heterocycles. The smallest absolute Gasteiger partial charge is 0.319 e. The van der Waals surface area contributed by atoms with E-state index in [1.807, 2.05) is 19.0 Å². The van der Waals surface area contributed by atoms with Crippen LogP contribution in [0.15, 0.2) is 0 Å². The van der Waals surface area contributed by atoms with Crippen molar-refractivity contribution in [1.82, 2.24) is 15.1 Å². The molecule has 0 aromatic carbocycles. The number of carbonyl (C=O) groups excluding carboxylic acids is 1. The number of aliphatic hydroxyl groups is 1. The lowest BCUT2D eigenvalue weighted by Gasteiger charge is -2.37. The van der Waals surface area contributed by atoms with Crippen LogP contribution in [0.3, 0.4) is 0 Å². The van der Waals surface area contributed by atoms with Crippen LogP contribution in [-0.4, -0.2) is 60.4 Å². The molecule has 0 bridgehead atoms. The van der Waals surface area contributed by atoms with Crippen molar-refractivity contribution in [3.63, 3.8) is 0 Å². The number of fused-ring (bicyclic) bond motifs is 1. The molecule has 0 aromatic rings. The van der Waals surface area contributed by atoms with Crippen LogP contribution in [0.5, 0.6) is 0 Å². The predicted octanol–water partition coefficient (Wildman–Crippen LogP) is 2.26. The molecule has 5 nitrogen and oxygen atoms in total. The fourth-order valence-electron chi connectivity index (χ4n) is 5.42. The molecule has 3 fully saturated rings. The van der Waals surface area contributed by atoms with E-state index < -0.39 is 0 Å². The summed E-state index contributed by atoms with van der Waals surface area (Å²) in [6.07, 6.45) is 10.3. The summed E-state index contributed by atoms with van der Waals surface area (Å²) in [5, 5.41) is 13.0. The van der Waals surface area contributed by atoms with Crippen molar-refractivity contribution in [3.8, 4) is 0 Å². The first-order valence-electron chi connectivity index (χ1n) is 9.35. The summed E-state index contributed by atoms with van der Waals surface area (Å²) in [6, 6.07) is 0.146. The predicted molar refractivity (Wildman–Crippen MR) is 91.0 cm³/mol.